The molecule has 0 nitrogen and oxygen atoms in total. The Labute approximate surface area is 133 Å². The van der Waals surface area contributed by atoms with Crippen molar-refractivity contribution < 1.29 is 0 Å². The van der Waals surface area contributed by atoms with E-state index in [9.17, 15) is 0 Å². The van der Waals surface area contributed by atoms with Crippen LogP contribution >= 0.6 is 0 Å². The Morgan fingerprint density at radius 1 is 0.864 bits per heavy atom. The van der Waals surface area contributed by atoms with Crippen molar-refractivity contribution in [2.75, 3.05) is 0 Å². The maximum atomic E-state index is 2.34. The molecule has 0 saturated carbocycles. The van der Waals surface area contributed by atoms with Crippen molar-refractivity contribution in [3.05, 3.63) is 71.8 Å². The van der Waals surface area contributed by atoms with E-state index in [1.807, 2.05) is 0 Å². The highest BCUT2D eigenvalue weighted by Gasteiger charge is 2.12. The molecule has 22 heavy (non-hydrogen) atoms. The van der Waals surface area contributed by atoms with Gasteiger partial charge < -0.3 is 0 Å². The second-order valence-electron chi connectivity index (χ2n) is 6.19. The van der Waals surface area contributed by atoms with E-state index in [0.717, 1.165) is 12.8 Å². The molecule has 0 aliphatic carbocycles. The molecule has 0 N–H and O–H groups in total. The van der Waals surface area contributed by atoms with Gasteiger partial charge in [0, 0.05) is 0 Å². The summed E-state index contributed by atoms with van der Waals surface area (Å²) in [6, 6.07) is 17.8. The molecule has 0 radical (unpaired) electrons. The van der Waals surface area contributed by atoms with Gasteiger partial charge in [-0.3, -0.25) is 0 Å². The third-order valence-corrected chi connectivity index (χ3v) is 4.57. The van der Waals surface area contributed by atoms with Gasteiger partial charge in [0.05, 0.1) is 0 Å². The van der Waals surface area contributed by atoms with Gasteiger partial charge in [-0.25, -0.2) is 0 Å². The summed E-state index contributed by atoms with van der Waals surface area (Å²) in [6.07, 6.45) is 6.82. The molecule has 1 unspecified atom stereocenters. The fourth-order valence-corrected chi connectivity index (χ4v) is 3.46. The molecular formula is C22H24. The molecule has 0 saturated heterocycles. The third-order valence-electron chi connectivity index (χ3n) is 4.57. The van der Waals surface area contributed by atoms with Crippen LogP contribution in [-0.2, 0) is 0 Å². The smallest absolute Gasteiger partial charge is 0.0102 e. The molecule has 0 fully saturated rings. The molecule has 0 aliphatic heterocycles. The molecule has 0 heteroatoms. The van der Waals surface area contributed by atoms with Crippen LogP contribution in [0.3, 0.4) is 0 Å². The average Bonchev–Trinajstić information content (AvgIpc) is 2.54. The Hall–Kier alpha value is -2.08. The zero-order valence-corrected chi connectivity index (χ0v) is 13.8. The lowest BCUT2D eigenvalue weighted by Gasteiger charge is -2.17. The van der Waals surface area contributed by atoms with E-state index < -0.39 is 0 Å². The van der Waals surface area contributed by atoms with Crippen LogP contribution in [0.1, 0.15) is 43.7 Å². The third kappa shape index (κ3) is 2.66. The summed E-state index contributed by atoms with van der Waals surface area (Å²) in [4.78, 5) is 0. The van der Waals surface area contributed by atoms with Crippen LogP contribution < -0.4 is 0 Å². The zero-order valence-electron chi connectivity index (χ0n) is 13.8. The van der Waals surface area contributed by atoms with Crippen LogP contribution in [0.15, 0.2) is 60.7 Å². The van der Waals surface area contributed by atoms with Crippen LogP contribution in [0.2, 0.25) is 0 Å². The average molecular weight is 288 g/mol. The van der Waals surface area contributed by atoms with E-state index in [4.69, 9.17) is 0 Å². The molecule has 112 valence electrons. The van der Waals surface area contributed by atoms with Gasteiger partial charge in [0.25, 0.3) is 0 Å². The topological polar surface area (TPSA) is 0 Å². The summed E-state index contributed by atoms with van der Waals surface area (Å²) in [5.41, 5.74) is 2.91. The standard InChI is InChI=1S/C22H24/c1-4-5-6-9-16(2)22-17(3)12-14-20-19-11-8-7-10-18(19)13-15-21(20)22/h5-8,10-16H,4,9H2,1-3H3/b6-5-. The minimum atomic E-state index is 0.549. The molecule has 0 amide bonds. The fourth-order valence-electron chi connectivity index (χ4n) is 3.46. The summed E-state index contributed by atoms with van der Waals surface area (Å²) < 4.78 is 0. The molecule has 0 aromatic heterocycles. The van der Waals surface area contributed by atoms with Crippen LogP contribution in [0.4, 0.5) is 0 Å². The van der Waals surface area contributed by atoms with Gasteiger partial charge in [-0.2, -0.15) is 0 Å². The molecule has 0 spiro atoms. The van der Waals surface area contributed by atoms with E-state index in [1.165, 1.54) is 32.7 Å². The Morgan fingerprint density at radius 2 is 1.64 bits per heavy atom. The number of rotatable bonds is 4. The van der Waals surface area contributed by atoms with Crippen LogP contribution in [0, 0.1) is 6.92 Å². The molecule has 3 aromatic rings. The Kier molecular flexibility index (Phi) is 4.29. The van der Waals surface area contributed by atoms with Crippen molar-refractivity contribution in [2.45, 2.75) is 39.5 Å². The first-order chi connectivity index (χ1) is 10.7. The normalized spacial score (nSPS) is 13.2. The van der Waals surface area contributed by atoms with Crippen LogP contribution in [-0.4, -0.2) is 0 Å². The number of allylic oxidation sites excluding steroid dienone is 2. The summed E-state index contributed by atoms with van der Waals surface area (Å²) in [5, 5.41) is 5.47. The summed E-state index contributed by atoms with van der Waals surface area (Å²) in [7, 11) is 0. The van der Waals surface area contributed by atoms with Crippen LogP contribution in [0.5, 0.6) is 0 Å². The second kappa shape index (κ2) is 6.36. The van der Waals surface area contributed by atoms with Gasteiger partial charge in [0.15, 0.2) is 0 Å². The Morgan fingerprint density at radius 3 is 2.45 bits per heavy atom. The van der Waals surface area contributed by atoms with E-state index in [2.05, 4.69) is 81.5 Å². The summed E-state index contributed by atoms with van der Waals surface area (Å²) in [6.45, 7) is 6.78. The molecule has 3 aromatic carbocycles. The van der Waals surface area contributed by atoms with Crippen molar-refractivity contribution in [3.63, 3.8) is 0 Å². The van der Waals surface area contributed by atoms with Crippen molar-refractivity contribution >= 4 is 21.5 Å². The van der Waals surface area contributed by atoms with E-state index in [0.29, 0.717) is 5.92 Å². The Balaban J connectivity index is 2.18. The minimum absolute atomic E-state index is 0.549. The van der Waals surface area contributed by atoms with Gasteiger partial charge in [-0.1, -0.05) is 74.5 Å². The lowest BCUT2D eigenvalue weighted by atomic mass is 9.87. The van der Waals surface area contributed by atoms with Crippen LogP contribution in [0.25, 0.3) is 21.5 Å². The number of hydrogen-bond donors (Lipinski definition) is 0. The lowest BCUT2D eigenvalue weighted by molar-refractivity contribution is 0.779. The number of benzene rings is 3. The Bertz CT molecular complexity index is 824. The monoisotopic (exact) mass is 288 g/mol. The predicted molar refractivity (Wildman–Crippen MR) is 98.7 cm³/mol. The quantitative estimate of drug-likeness (QED) is 0.367. The fraction of sp³-hybridized carbons (Fsp3) is 0.273. The highest BCUT2D eigenvalue weighted by molar-refractivity contribution is 6.08. The van der Waals surface area contributed by atoms with E-state index in [1.54, 1.807) is 0 Å². The number of hydrogen-bond acceptors (Lipinski definition) is 0. The highest BCUT2D eigenvalue weighted by atomic mass is 14.2. The summed E-state index contributed by atoms with van der Waals surface area (Å²) >= 11 is 0. The molecule has 0 bridgehead atoms. The first-order valence-electron chi connectivity index (χ1n) is 8.28. The minimum Gasteiger partial charge on any atom is -0.0888 e. The van der Waals surface area contributed by atoms with Gasteiger partial charge in [0.2, 0.25) is 0 Å². The van der Waals surface area contributed by atoms with E-state index in [-0.39, 0.29) is 0 Å². The van der Waals surface area contributed by atoms with Gasteiger partial charge in [-0.15, -0.1) is 0 Å². The number of fused-ring (bicyclic) bond motifs is 3. The van der Waals surface area contributed by atoms with Crippen molar-refractivity contribution in [1.29, 1.82) is 0 Å². The molecule has 3 rings (SSSR count). The van der Waals surface area contributed by atoms with Crippen molar-refractivity contribution in [1.82, 2.24) is 0 Å². The SMILES string of the molecule is CC/C=C\CC(C)c1c(C)ccc2c1ccc1ccccc12. The maximum absolute atomic E-state index is 2.34. The zero-order chi connectivity index (χ0) is 15.5. The molecular weight excluding hydrogens is 264 g/mol. The first kappa shape index (κ1) is 14.8. The first-order valence-corrected chi connectivity index (χ1v) is 8.28. The van der Waals surface area contributed by atoms with Gasteiger partial charge in [0.1, 0.15) is 0 Å². The van der Waals surface area contributed by atoms with E-state index >= 15 is 0 Å². The molecule has 0 heterocycles. The predicted octanol–water partition coefficient (Wildman–Crippen LogP) is 6.76. The highest BCUT2D eigenvalue weighted by Crippen LogP contribution is 2.34. The molecule has 1 atom stereocenters. The van der Waals surface area contributed by atoms with Crippen molar-refractivity contribution in [3.8, 4) is 0 Å². The largest absolute Gasteiger partial charge is 0.0888 e. The second-order valence-corrected chi connectivity index (χ2v) is 6.19. The summed E-state index contributed by atoms with van der Waals surface area (Å²) in [5.74, 6) is 0.549. The van der Waals surface area contributed by atoms with Crippen molar-refractivity contribution in [2.24, 2.45) is 0 Å². The number of aryl methyl sites for hydroxylation is 1. The molecule has 0 aliphatic rings. The lowest BCUT2D eigenvalue weighted by Crippen LogP contribution is -1.97. The van der Waals surface area contributed by atoms with Gasteiger partial charge >= 0.3 is 0 Å². The van der Waals surface area contributed by atoms with Gasteiger partial charge in [-0.05, 0) is 58.4 Å². The maximum Gasteiger partial charge on any atom is -0.0102 e.